The number of aryl methyl sites for hydroxylation is 1. The number of nitrogens with one attached hydrogen (secondary N) is 1. The van der Waals surface area contributed by atoms with E-state index in [-0.39, 0.29) is 11.3 Å². The highest BCUT2D eigenvalue weighted by atomic mass is 32.1. The number of hydrogen-bond acceptors (Lipinski definition) is 5. The Morgan fingerprint density at radius 2 is 1.91 bits per heavy atom. The van der Waals surface area contributed by atoms with Gasteiger partial charge in [-0.1, -0.05) is 18.3 Å². The van der Waals surface area contributed by atoms with Gasteiger partial charge in [-0.05, 0) is 31.5 Å². The minimum Gasteiger partial charge on any atom is -0.493 e. The number of pyridine rings is 1. The molecule has 118 valence electrons. The van der Waals surface area contributed by atoms with Crippen molar-refractivity contribution in [2.75, 3.05) is 14.2 Å². The van der Waals surface area contributed by atoms with E-state index >= 15 is 0 Å². The monoisotopic (exact) mass is 328 g/mol. The number of Topliss-reactive ketones (excluding diaryl/α,β-unsaturated/α-hetero) is 1. The standard InChI is InChI=1S/C17H16N2O3S/c1-9-15(10(2)20)16(12(8-18)17(23)19-9)11-5-6-13(21-3)14(7-11)22-4/h5-7H,1-4H3,(H,19,23). The average Bonchev–Trinajstić information content (AvgIpc) is 2.53. The van der Waals surface area contributed by atoms with Crippen LogP contribution in [0.15, 0.2) is 18.2 Å². The summed E-state index contributed by atoms with van der Waals surface area (Å²) < 4.78 is 10.8. The topological polar surface area (TPSA) is 75.1 Å². The SMILES string of the molecule is COc1ccc(-c2c(C(C)=O)c(C)[nH]c(=S)c2C#N)cc1OC. The lowest BCUT2D eigenvalue weighted by Crippen LogP contribution is -2.06. The third-order valence-corrected chi connectivity index (χ3v) is 3.85. The van der Waals surface area contributed by atoms with E-state index in [4.69, 9.17) is 21.7 Å². The highest BCUT2D eigenvalue weighted by Crippen LogP contribution is 2.36. The van der Waals surface area contributed by atoms with Crippen LogP contribution in [0.2, 0.25) is 0 Å². The maximum absolute atomic E-state index is 12.1. The van der Waals surface area contributed by atoms with Crippen molar-refractivity contribution in [3.8, 4) is 28.7 Å². The molecule has 0 saturated carbocycles. The second-order valence-corrected chi connectivity index (χ2v) is 5.35. The summed E-state index contributed by atoms with van der Waals surface area (Å²) in [7, 11) is 3.07. The molecular weight excluding hydrogens is 312 g/mol. The molecule has 0 saturated heterocycles. The molecule has 1 N–H and O–H groups in total. The molecule has 6 heteroatoms. The van der Waals surface area contributed by atoms with E-state index in [1.807, 2.05) is 0 Å². The van der Waals surface area contributed by atoms with E-state index in [2.05, 4.69) is 11.1 Å². The van der Waals surface area contributed by atoms with Crippen molar-refractivity contribution in [1.82, 2.24) is 4.98 Å². The van der Waals surface area contributed by atoms with Gasteiger partial charge in [0.25, 0.3) is 0 Å². The van der Waals surface area contributed by atoms with Crippen LogP contribution in [0.4, 0.5) is 0 Å². The van der Waals surface area contributed by atoms with Crippen LogP contribution < -0.4 is 9.47 Å². The molecule has 0 aliphatic carbocycles. The first-order valence-electron chi connectivity index (χ1n) is 6.84. The molecule has 0 spiro atoms. The van der Waals surface area contributed by atoms with E-state index in [1.54, 1.807) is 32.2 Å². The average molecular weight is 328 g/mol. The molecule has 2 aromatic rings. The number of ketones is 1. The molecule has 0 aliphatic heterocycles. The summed E-state index contributed by atoms with van der Waals surface area (Å²) in [6, 6.07) is 7.33. The Kier molecular flexibility index (Phi) is 4.82. The number of carbonyl (C=O) groups excluding carboxylic acids is 1. The summed E-state index contributed by atoms with van der Waals surface area (Å²) in [6.07, 6.45) is 0. The molecule has 1 aromatic carbocycles. The fraction of sp³-hybridized carbons (Fsp3) is 0.235. The number of hydrogen-bond donors (Lipinski definition) is 1. The van der Waals surface area contributed by atoms with Gasteiger partial charge in [0.2, 0.25) is 0 Å². The predicted molar refractivity (Wildman–Crippen MR) is 89.6 cm³/mol. The number of nitriles is 1. The van der Waals surface area contributed by atoms with Gasteiger partial charge in [0, 0.05) is 16.8 Å². The molecular formula is C17H16N2O3S. The number of H-pyrrole nitrogens is 1. The number of nitrogens with zero attached hydrogens (tertiary/aromatic N) is 1. The first kappa shape index (κ1) is 16.7. The Morgan fingerprint density at radius 3 is 2.43 bits per heavy atom. The van der Waals surface area contributed by atoms with Crippen LogP contribution >= 0.6 is 12.2 Å². The van der Waals surface area contributed by atoms with Crippen molar-refractivity contribution in [2.24, 2.45) is 0 Å². The lowest BCUT2D eigenvalue weighted by Gasteiger charge is -2.15. The summed E-state index contributed by atoms with van der Waals surface area (Å²) in [6.45, 7) is 3.22. The number of ether oxygens (including phenoxy) is 2. The summed E-state index contributed by atoms with van der Waals surface area (Å²) in [5.41, 5.74) is 2.53. The van der Waals surface area contributed by atoms with Crippen molar-refractivity contribution in [3.05, 3.63) is 39.7 Å². The highest BCUT2D eigenvalue weighted by molar-refractivity contribution is 7.71. The molecule has 0 fully saturated rings. The normalized spacial score (nSPS) is 10.0. The van der Waals surface area contributed by atoms with E-state index in [0.717, 1.165) is 0 Å². The molecule has 0 atom stereocenters. The smallest absolute Gasteiger partial charge is 0.162 e. The fourth-order valence-electron chi connectivity index (χ4n) is 2.55. The Hall–Kier alpha value is -2.65. The van der Waals surface area contributed by atoms with E-state index in [0.29, 0.717) is 38.5 Å². The summed E-state index contributed by atoms with van der Waals surface area (Å²) in [5.74, 6) is 0.937. The lowest BCUT2D eigenvalue weighted by molar-refractivity contribution is 0.101. The van der Waals surface area contributed by atoms with Crippen LogP contribution in [0.1, 0.15) is 28.5 Å². The van der Waals surface area contributed by atoms with Crippen molar-refractivity contribution in [2.45, 2.75) is 13.8 Å². The van der Waals surface area contributed by atoms with Crippen LogP contribution in [-0.4, -0.2) is 25.0 Å². The van der Waals surface area contributed by atoms with Gasteiger partial charge < -0.3 is 14.5 Å². The molecule has 2 rings (SSSR count). The lowest BCUT2D eigenvalue weighted by atomic mass is 9.93. The second-order valence-electron chi connectivity index (χ2n) is 4.94. The van der Waals surface area contributed by atoms with Gasteiger partial charge in [-0.25, -0.2) is 0 Å². The Balaban J connectivity index is 2.90. The van der Waals surface area contributed by atoms with Gasteiger partial charge in [-0.15, -0.1) is 0 Å². The summed E-state index contributed by atoms with van der Waals surface area (Å²) >= 11 is 5.24. The molecule has 0 unspecified atom stereocenters. The van der Waals surface area contributed by atoms with Gasteiger partial charge in [0.15, 0.2) is 17.3 Å². The third-order valence-electron chi connectivity index (χ3n) is 3.54. The zero-order chi connectivity index (χ0) is 17.1. The van der Waals surface area contributed by atoms with Gasteiger partial charge in [-0.2, -0.15) is 5.26 Å². The number of carbonyl (C=O) groups is 1. The molecule has 0 radical (unpaired) electrons. The Morgan fingerprint density at radius 1 is 1.26 bits per heavy atom. The first-order valence-corrected chi connectivity index (χ1v) is 7.25. The predicted octanol–water partition coefficient (Wildman–Crippen LogP) is 3.81. The minimum absolute atomic E-state index is 0.143. The zero-order valence-corrected chi connectivity index (χ0v) is 14.1. The van der Waals surface area contributed by atoms with Crippen LogP contribution in [0, 0.1) is 22.9 Å². The van der Waals surface area contributed by atoms with E-state index in [9.17, 15) is 10.1 Å². The summed E-state index contributed by atoms with van der Waals surface area (Å²) in [4.78, 5) is 15.0. The molecule has 0 amide bonds. The zero-order valence-electron chi connectivity index (χ0n) is 13.3. The first-order chi connectivity index (χ1) is 10.9. The van der Waals surface area contributed by atoms with Gasteiger partial charge in [-0.3, -0.25) is 4.79 Å². The van der Waals surface area contributed by atoms with Crippen molar-refractivity contribution in [1.29, 1.82) is 5.26 Å². The third kappa shape index (κ3) is 2.96. The second kappa shape index (κ2) is 6.63. The van der Waals surface area contributed by atoms with Gasteiger partial charge in [0.1, 0.15) is 10.7 Å². The molecule has 0 bridgehead atoms. The molecule has 23 heavy (non-hydrogen) atoms. The Labute approximate surface area is 139 Å². The maximum Gasteiger partial charge on any atom is 0.162 e. The molecule has 0 aliphatic rings. The van der Waals surface area contributed by atoms with Crippen molar-refractivity contribution in [3.63, 3.8) is 0 Å². The highest BCUT2D eigenvalue weighted by Gasteiger charge is 2.20. The van der Waals surface area contributed by atoms with E-state index in [1.165, 1.54) is 14.0 Å². The molecule has 1 aromatic heterocycles. The fourth-order valence-corrected chi connectivity index (χ4v) is 2.85. The maximum atomic E-state index is 12.1. The number of methoxy groups -OCH3 is 2. The van der Waals surface area contributed by atoms with Crippen LogP contribution in [0.25, 0.3) is 11.1 Å². The van der Waals surface area contributed by atoms with Crippen molar-refractivity contribution >= 4 is 18.0 Å². The van der Waals surface area contributed by atoms with Crippen molar-refractivity contribution < 1.29 is 14.3 Å². The quantitative estimate of drug-likeness (QED) is 0.682. The molecule has 1 heterocycles. The van der Waals surface area contributed by atoms with Crippen LogP contribution in [0.3, 0.4) is 0 Å². The molecule has 5 nitrogen and oxygen atoms in total. The largest absolute Gasteiger partial charge is 0.493 e. The number of aromatic nitrogens is 1. The summed E-state index contributed by atoms with van der Waals surface area (Å²) in [5, 5.41) is 9.48. The minimum atomic E-state index is -0.143. The Bertz CT molecular complexity index is 879. The van der Waals surface area contributed by atoms with E-state index < -0.39 is 0 Å². The van der Waals surface area contributed by atoms with Gasteiger partial charge >= 0.3 is 0 Å². The van der Waals surface area contributed by atoms with Crippen LogP contribution in [0.5, 0.6) is 11.5 Å². The van der Waals surface area contributed by atoms with Gasteiger partial charge in [0.05, 0.1) is 19.8 Å². The number of benzene rings is 1. The number of aromatic amines is 1. The number of rotatable bonds is 4. The van der Waals surface area contributed by atoms with Crippen LogP contribution in [-0.2, 0) is 0 Å².